The first kappa shape index (κ1) is 17.4. The van der Waals surface area contributed by atoms with Crippen LogP contribution < -0.4 is 0 Å². The largest absolute Gasteiger partial charge is 0.465 e. The molecule has 0 N–H and O–H groups in total. The third-order valence-corrected chi connectivity index (χ3v) is 3.94. The minimum absolute atomic E-state index is 0.0183. The number of hydrogen-bond donors (Lipinski definition) is 0. The van der Waals surface area contributed by atoms with Crippen molar-refractivity contribution in [3.63, 3.8) is 0 Å². The molecule has 5 nitrogen and oxygen atoms in total. The Balaban J connectivity index is 2.36. The Morgan fingerprint density at radius 2 is 1.50 bits per heavy atom. The van der Waals surface area contributed by atoms with E-state index in [1.165, 1.54) is 38.5 Å². The van der Waals surface area contributed by atoms with E-state index in [0.717, 1.165) is 5.56 Å². The Hall–Kier alpha value is -3.41. The summed E-state index contributed by atoms with van der Waals surface area (Å²) in [4.78, 5) is 24.7. The maximum atomic E-state index is 13.4. The Morgan fingerprint density at radius 1 is 0.885 bits per heavy atom. The molecule has 132 valence electrons. The van der Waals surface area contributed by atoms with E-state index in [-0.39, 0.29) is 11.3 Å². The van der Waals surface area contributed by atoms with Gasteiger partial charge in [0.05, 0.1) is 25.5 Å². The van der Waals surface area contributed by atoms with Crippen LogP contribution in [0, 0.1) is 5.82 Å². The van der Waals surface area contributed by atoms with Crippen LogP contribution in [0.3, 0.4) is 0 Å². The SMILES string of the molecule is COC(=O)c1cc(-c2ccccc2)n(-c2ccc(F)cc2)c1C(=O)OC. The van der Waals surface area contributed by atoms with Gasteiger partial charge in [-0.05, 0) is 35.9 Å². The molecule has 0 unspecified atom stereocenters. The number of benzene rings is 2. The van der Waals surface area contributed by atoms with E-state index in [0.29, 0.717) is 11.4 Å². The molecule has 0 amide bonds. The van der Waals surface area contributed by atoms with E-state index >= 15 is 0 Å². The van der Waals surface area contributed by atoms with Gasteiger partial charge in [-0.15, -0.1) is 0 Å². The molecular weight excluding hydrogens is 337 g/mol. The maximum absolute atomic E-state index is 13.4. The van der Waals surface area contributed by atoms with Crippen LogP contribution >= 0.6 is 0 Å². The molecule has 0 aliphatic rings. The molecule has 1 heterocycles. The van der Waals surface area contributed by atoms with Crippen molar-refractivity contribution >= 4 is 11.9 Å². The summed E-state index contributed by atoms with van der Waals surface area (Å²) >= 11 is 0. The minimum atomic E-state index is -0.697. The molecule has 0 fully saturated rings. The Labute approximate surface area is 149 Å². The molecule has 6 heteroatoms. The molecule has 0 saturated heterocycles. The predicted octanol–water partition coefficient (Wildman–Crippen LogP) is 3.86. The lowest BCUT2D eigenvalue weighted by Crippen LogP contribution is -2.15. The van der Waals surface area contributed by atoms with Crippen molar-refractivity contribution < 1.29 is 23.5 Å². The standard InChI is InChI=1S/C20H16FNO4/c1-25-19(23)16-12-17(13-6-4-3-5-7-13)22(18(16)20(24)26-2)15-10-8-14(21)9-11-15/h3-12H,1-2H3. The Kier molecular flexibility index (Phi) is 4.84. The highest BCUT2D eigenvalue weighted by molar-refractivity contribution is 6.04. The van der Waals surface area contributed by atoms with Crippen LogP contribution in [0.25, 0.3) is 16.9 Å². The average Bonchev–Trinajstić information content (AvgIpc) is 3.08. The van der Waals surface area contributed by atoms with Gasteiger partial charge in [0.15, 0.2) is 0 Å². The number of aromatic nitrogens is 1. The fourth-order valence-electron chi connectivity index (χ4n) is 2.75. The van der Waals surface area contributed by atoms with Crippen LogP contribution in [0.5, 0.6) is 0 Å². The van der Waals surface area contributed by atoms with Crippen molar-refractivity contribution in [2.45, 2.75) is 0 Å². The monoisotopic (exact) mass is 353 g/mol. The van der Waals surface area contributed by atoms with Crippen LogP contribution in [0.15, 0.2) is 60.7 Å². The normalized spacial score (nSPS) is 10.4. The third kappa shape index (κ3) is 3.09. The lowest BCUT2D eigenvalue weighted by Gasteiger charge is -2.13. The fraction of sp³-hybridized carbons (Fsp3) is 0.100. The molecule has 3 aromatic rings. The molecule has 0 bridgehead atoms. The zero-order chi connectivity index (χ0) is 18.7. The van der Waals surface area contributed by atoms with Gasteiger partial charge >= 0.3 is 11.9 Å². The van der Waals surface area contributed by atoms with Gasteiger partial charge in [-0.3, -0.25) is 0 Å². The first-order valence-electron chi connectivity index (χ1n) is 7.80. The van der Waals surface area contributed by atoms with E-state index in [9.17, 15) is 14.0 Å². The van der Waals surface area contributed by atoms with Crippen LogP contribution in [0.1, 0.15) is 20.8 Å². The number of carbonyl (C=O) groups is 2. The van der Waals surface area contributed by atoms with Crippen molar-refractivity contribution in [2.75, 3.05) is 14.2 Å². The van der Waals surface area contributed by atoms with Crippen molar-refractivity contribution in [3.8, 4) is 16.9 Å². The van der Waals surface area contributed by atoms with Gasteiger partial charge in [0.2, 0.25) is 0 Å². The second-order valence-electron chi connectivity index (χ2n) is 5.45. The zero-order valence-electron chi connectivity index (χ0n) is 14.2. The summed E-state index contributed by atoms with van der Waals surface area (Å²) in [6.07, 6.45) is 0. The van der Waals surface area contributed by atoms with Gasteiger partial charge in [-0.1, -0.05) is 30.3 Å². The summed E-state index contributed by atoms with van der Waals surface area (Å²) in [6, 6.07) is 16.4. The van der Waals surface area contributed by atoms with Crippen molar-refractivity contribution in [1.82, 2.24) is 4.57 Å². The molecule has 3 rings (SSSR count). The number of halogens is 1. The second kappa shape index (κ2) is 7.23. The quantitative estimate of drug-likeness (QED) is 0.669. The van der Waals surface area contributed by atoms with Crippen LogP contribution in [0.2, 0.25) is 0 Å². The number of nitrogens with zero attached hydrogens (tertiary/aromatic N) is 1. The topological polar surface area (TPSA) is 57.5 Å². The van der Waals surface area contributed by atoms with Gasteiger partial charge in [0, 0.05) is 5.69 Å². The fourth-order valence-corrected chi connectivity index (χ4v) is 2.75. The second-order valence-corrected chi connectivity index (χ2v) is 5.45. The number of carbonyl (C=O) groups excluding carboxylic acids is 2. The first-order chi connectivity index (χ1) is 12.6. The van der Waals surface area contributed by atoms with Crippen molar-refractivity contribution in [3.05, 3.63) is 77.7 Å². The van der Waals surface area contributed by atoms with E-state index in [2.05, 4.69) is 0 Å². The van der Waals surface area contributed by atoms with Crippen LogP contribution in [-0.4, -0.2) is 30.7 Å². The van der Waals surface area contributed by atoms with Crippen molar-refractivity contribution in [2.24, 2.45) is 0 Å². The molecular formula is C20H16FNO4. The number of methoxy groups -OCH3 is 2. The Morgan fingerprint density at radius 3 is 2.08 bits per heavy atom. The highest BCUT2D eigenvalue weighted by Gasteiger charge is 2.28. The highest BCUT2D eigenvalue weighted by atomic mass is 19.1. The van der Waals surface area contributed by atoms with E-state index in [1.54, 1.807) is 10.6 Å². The zero-order valence-corrected chi connectivity index (χ0v) is 14.2. The van der Waals surface area contributed by atoms with E-state index in [1.807, 2.05) is 30.3 Å². The van der Waals surface area contributed by atoms with Crippen LogP contribution in [-0.2, 0) is 9.47 Å². The Bertz CT molecular complexity index is 946. The van der Waals surface area contributed by atoms with Gasteiger partial charge in [0.25, 0.3) is 0 Å². The number of ether oxygens (including phenoxy) is 2. The summed E-state index contributed by atoms with van der Waals surface area (Å²) in [5.41, 5.74) is 1.96. The number of hydrogen-bond acceptors (Lipinski definition) is 4. The average molecular weight is 353 g/mol. The van der Waals surface area contributed by atoms with E-state index in [4.69, 9.17) is 9.47 Å². The van der Waals surface area contributed by atoms with Gasteiger partial charge < -0.3 is 14.0 Å². The van der Waals surface area contributed by atoms with E-state index < -0.39 is 17.8 Å². The van der Waals surface area contributed by atoms with Crippen LogP contribution in [0.4, 0.5) is 4.39 Å². The predicted molar refractivity (Wildman–Crippen MR) is 93.8 cm³/mol. The summed E-state index contributed by atoms with van der Waals surface area (Å²) < 4.78 is 24.6. The highest BCUT2D eigenvalue weighted by Crippen LogP contribution is 2.31. The molecule has 0 saturated carbocycles. The maximum Gasteiger partial charge on any atom is 0.355 e. The summed E-state index contributed by atoms with van der Waals surface area (Å²) in [5, 5.41) is 0. The summed E-state index contributed by atoms with van der Waals surface area (Å²) in [5.74, 6) is -1.77. The molecule has 0 spiro atoms. The number of rotatable bonds is 4. The third-order valence-electron chi connectivity index (χ3n) is 3.94. The molecule has 0 aliphatic heterocycles. The smallest absolute Gasteiger partial charge is 0.355 e. The molecule has 0 aliphatic carbocycles. The van der Waals surface area contributed by atoms with Crippen molar-refractivity contribution in [1.29, 1.82) is 0 Å². The number of esters is 2. The molecule has 0 atom stereocenters. The molecule has 1 aromatic heterocycles. The summed E-state index contributed by atoms with van der Waals surface area (Å²) in [6.45, 7) is 0. The molecule has 0 radical (unpaired) electrons. The lowest BCUT2D eigenvalue weighted by atomic mass is 10.1. The minimum Gasteiger partial charge on any atom is -0.465 e. The van der Waals surface area contributed by atoms with Gasteiger partial charge in [-0.2, -0.15) is 0 Å². The first-order valence-corrected chi connectivity index (χ1v) is 7.80. The van der Waals surface area contributed by atoms with Gasteiger partial charge in [0.1, 0.15) is 11.5 Å². The molecule has 26 heavy (non-hydrogen) atoms. The lowest BCUT2D eigenvalue weighted by molar-refractivity contribution is 0.0549. The summed E-state index contributed by atoms with van der Waals surface area (Å²) in [7, 11) is 2.47. The van der Waals surface area contributed by atoms with Gasteiger partial charge in [-0.25, -0.2) is 14.0 Å². The molecule has 2 aromatic carbocycles.